The Balaban J connectivity index is 1.96. The fourth-order valence-corrected chi connectivity index (χ4v) is 2.32. The van der Waals surface area contributed by atoms with Crippen LogP contribution in [0.15, 0.2) is 41.5 Å². The molecular weight excluding hydrogens is 240 g/mol. The number of hydrogen-bond donors (Lipinski definition) is 1. The number of nitrogens with zero attached hydrogens (tertiary/aromatic N) is 2. The first-order valence-electron chi connectivity index (χ1n) is 6.64. The lowest BCUT2D eigenvalue weighted by Crippen LogP contribution is -2.24. The molecule has 3 rings (SSSR count). The Bertz CT molecular complexity index is 646. The molecule has 4 heteroatoms. The van der Waals surface area contributed by atoms with Crippen LogP contribution in [0.5, 0.6) is 0 Å². The van der Waals surface area contributed by atoms with E-state index in [1.54, 1.807) is 21.5 Å². The van der Waals surface area contributed by atoms with Gasteiger partial charge in [0, 0.05) is 18.4 Å². The maximum Gasteiger partial charge on any atom is 0.332 e. The molecule has 0 atom stereocenters. The summed E-state index contributed by atoms with van der Waals surface area (Å²) in [7, 11) is 0. The molecule has 19 heavy (non-hydrogen) atoms. The first-order chi connectivity index (χ1) is 9.01. The Kier molecular flexibility index (Phi) is 2.64. The van der Waals surface area contributed by atoms with Gasteiger partial charge in [-0.25, -0.2) is 4.79 Å². The Labute approximate surface area is 111 Å². The van der Waals surface area contributed by atoms with E-state index in [0.717, 1.165) is 24.1 Å². The predicted octanol–water partition coefficient (Wildman–Crippen LogP) is 2.20. The molecule has 1 fully saturated rings. The quantitative estimate of drug-likeness (QED) is 0.917. The van der Waals surface area contributed by atoms with Crippen LogP contribution in [0.2, 0.25) is 0 Å². The van der Waals surface area contributed by atoms with Crippen molar-refractivity contribution in [3.63, 3.8) is 0 Å². The number of rotatable bonds is 3. The van der Waals surface area contributed by atoms with Crippen LogP contribution < -0.4 is 5.69 Å². The standard InChI is InChI=1S/C15H18N2O2/c1-11(2)16-9-10-17(14(16)18)13-5-3-12(4-6-13)15(19)7-8-15/h3-6,9-11,19H,7-8H2,1-2H3. The summed E-state index contributed by atoms with van der Waals surface area (Å²) >= 11 is 0. The van der Waals surface area contributed by atoms with Crippen LogP contribution >= 0.6 is 0 Å². The second-order valence-electron chi connectivity index (χ2n) is 5.53. The van der Waals surface area contributed by atoms with Gasteiger partial charge in [0.2, 0.25) is 0 Å². The summed E-state index contributed by atoms with van der Waals surface area (Å²) in [5.41, 5.74) is 1.12. The minimum absolute atomic E-state index is 0.0344. The smallest absolute Gasteiger partial charge is 0.332 e. The van der Waals surface area contributed by atoms with Crippen molar-refractivity contribution >= 4 is 0 Å². The normalized spacial score (nSPS) is 16.8. The third kappa shape index (κ3) is 2.02. The summed E-state index contributed by atoms with van der Waals surface area (Å²) in [4.78, 5) is 12.2. The van der Waals surface area contributed by atoms with Crippen LogP contribution in [0.25, 0.3) is 5.69 Å². The van der Waals surface area contributed by atoms with Gasteiger partial charge in [-0.3, -0.25) is 9.13 Å². The van der Waals surface area contributed by atoms with E-state index in [-0.39, 0.29) is 11.7 Å². The molecule has 0 bridgehead atoms. The zero-order chi connectivity index (χ0) is 13.6. The van der Waals surface area contributed by atoms with Gasteiger partial charge in [-0.2, -0.15) is 0 Å². The Morgan fingerprint density at radius 2 is 1.79 bits per heavy atom. The molecular formula is C15H18N2O2. The molecule has 1 heterocycles. The van der Waals surface area contributed by atoms with Crippen molar-refractivity contribution in [2.75, 3.05) is 0 Å². The number of imidazole rings is 1. The van der Waals surface area contributed by atoms with Gasteiger partial charge in [-0.1, -0.05) is 12.1 Å². The molecule has 0 radical (unpaired) electrons. The van der Waals surface area contributed by atoms with Crippen molar-refractivity contribution in [3.8, 4) is 5.69 Å². The maximum absolute atomic E-state index is 12.2. The number of aromatic nitrogens is 2. The average Bonchev–Trinajstić information content (AvgIpc) is 3.01. The van der Waals surface area contributed by atoms with Gasteiger partial charge in [0.05, 0.1) is 11.3 Å². The molecule has 0 unspecified atom stereocenters. The molecule has 0 aliphatic heterocycles. The van der Waals surface area contributed by atoms with Gasteiger partial charge < -0.3 is 5.11 Å². The van der Waals surface area contributed by atoms with Gasteiger partial charge in [0.1, 0.15) is 0 Å². The minimum atomic E-state index is -0.618. The number of benzene rings is 1. The topological polar surface area (TPSA) is 47.2 Å². The summed E-state index contributed by atoms with van der Waals surface area (Å²) < 4.78 is 3.32. The lowest BCUT2D eigenvalue weighted by Gasteiger charge is -2.09. The highest BCUT2D eigenvalue weighted by atomic mass is 16.3. The summed E-state index contributed by atoms with van der Waals surface area (Å²) in [5.74, 6) is 0. The van der Waals surface area contributed by atoms with Gasteiger partial charge >= 0.3 is 5.69 Å². The molecule has 0 saturated heterocycles. The van der Waals surface area contributed by atoms with Gasteiger partial charge in [0.25, 0.3) is 0 Å². The van der Waals surface area contributed by atoms with Crippen molar-refractivity contribution in [2.24, 2.45) is 0 Å². The second-order valence-corrected chi connectivity index (χ2v) is 5.53. The van der Waals surface area contributed by atoms with Crippen molar-refractivity contribution in [1.29, 1.82) is 0 Å². The molecule has 1 N–H and O–H groups in total. The van der Waals surface area contributed by atoms with Crippen molar-refractivity contribution in [2.45, 2.75) is 38.3 Å². The third-order valence-corrected chi connectivity index (χ3v) is 3.77. The Morgan fingerprint density at radius 1 is 1.16 bits per heavy atom. The lowest BCUT2D eigenvalue weighted by atomic mass is 10.1. The van der Waals surface area contributed by atoms with Crippen LogP contribution in [0.4, 0.5) is 0 Å². The van der Waals surface area contributed by atoms with Gasteiger partial charge in [-0.15, -0.1) is 0 Å². The predicted molar refractivity (Wildman–Crippen MR) is 73.5 cm³/mol. The van der Waals surface area contributed by atoms with E-state index in [9.17, 15) is 9.90 Å². The molecule has 4 nitrogen and oxygen atoms in total. The molecule has 1 aliphatic rings. The molecule has 2 aromatic rings. The zero-order valence-corrected chi connectivity index (χ0v) is 11.2. The highest BCUT2D eigenvalue weighted by Crippen LogP contribution is 2.45. The molecule has 0 amide bonds. The summed E-state index contributed by atoms with van der Waals surface area (Å²) in [6.07, 6.45) is 5.24. The average molecular weight is 258 g/mol. The van der Waals surface area contributed by atoms with E-state index < -0.39 is 5.60 Å². The summed E-state index contributed by atoms with van der Waals surface area (Å²) in [6.45, 7) is 3.97. The Morgan fingerprint density at radius 3 is 2.26 bits per heavy atom. The van der Waals surface area contributed by atoms with Crippen LogP contribution in [-0.2, 0) is 5.60 Å². The van der Waals surface area contributed by atoms with Crippen molar-refractivity contribution in [3.05, 3.63) is 52.7 Å². The first kappa shape index (κ1) is 12.2. The molecule has 1 aromatic heterocycles. The van der Waals surface area contributed by atoms with E-state index in [1.165, 1.54) is 0 Å². The summed E-state index contributed by atoms with van der Waals surface area (Å²) in [5, 5.41) is 10.0. The van der Waals surface area contributed by atoms with E-state index in [4.69, 9.17) is 0 Å². The third-order valence-electron chi connectivity index (χ3n) is 3.77. The maximum atomic E-state index is 12.2. The fourth-order valence-electron chi connectivity index (χ4n) is 2.32. The molecule has 100 valence electrons. The monoisotopic (exact) mass is 258 g/mol. The van der Waals surface area contributed by atoms with Crippen molar-refractivity contribution in [1.82, 2.24) is 9.13 Å². The first-order valence-corrected chi connectivity index (χ1v) is 6.64. The van der Waals surface area contributed by atoms with Crippen LogP contribution in [0.3, 0.4) is 0 Å². The molecule has 0 spiro atoms. The van der Waals surface area contributed by atoms with E-state index >= 15 is 0 Å². The van der Waals surface area contributed by atoms with Crippen LogP contribution in [0.1, 0.15) is 38.3 Å². The molecule has 1 aromatic carbocycles. The lowest BCUT2D eigenvalue weighted by molar-refractivity contribution is 0.151. The zero-order valence-electron chi connectivity index (χ0n) is 11.2. The molecule has 1 saturated carbocycles. The molecule has 1 aliphatic carbocycles. The highest BCUT2D eigenvalue weighted by molar-refractivity contribution is 5.38. The number of aliphatic hydroxyl groups is 1. The van der Waals surface area contributed by atoms with E-state index in [2.05, 4.69) is 0 Å². The highest BCUT2D eigenvalue weighted by Gasteiger charge is 2.41. The van der Waals surface area contributed by atoms with Gasteiger partial charge in [-0.05, 0) is 44.4 Å². The Hall–Kier alpha value is -1.81. The van der Waals surface area contributed by atoms with Crippen molar-refractivity contribution < 1.29 is 5.11 Å². The largest absolute Gasteiger partial charge is 0.385 e. The van der Waals surface area contributed by atoms with Crippen LogP contribution in [-0.4, -0.2) is 14.2 Å². The van der Waals surface area contributed by atoms with E-state index in [1.807, 2.05) is 38.1 Å². The fraction of sp³-hybridized carbons (Fsp3) is 0.400. The minimum Gasteiger partial charge on any atom is -0.385 e. The second kappa shape index (κ2) is 4.10. The number of hydrogen-bond acceptors (Lipinski definition) is 2. The van der Waals surface area contributed by atoms with Gasteiger partial charge in [0.15, 0.2) is 0 Å². The van der Waals surface area contributed by atoms with E-state index in [0.29, 0.717) is 0 Å². The SMILES string of the molecule is CC(C)n1ccn(-c2ccc(C3(O)CC3)cc2)c1=O. The summed E-state index contributed by atoms with van der Waals surface area (Å²) in [6, 6.07) is 7.73. The van der Waals surface area contributed by atoms with Crippen LogP contribution in [0, 0.1) is 0 Å².